The van der Waals surface area contributed by atoms with Gasteiger partial charge >= 0.3 is 0 Å². The van der Waals surface area contributed by atoms with Crippen LogP contribution in [0.15, 0.2) is 65.7 Å². The van der Waals surface area contributed by atoms with Crippen molar-refractivity contribution >= 4 is 5.96 Å². The van der Waals surface area contributed by atoms with E-state index in [9.17, 15) is 0 Å². The minimum absolute atomic E-state index is 0.0905. The van der Waals surface area contributed by atoms with E-state index in [1.807, 2.05) is 19.1 Å². The van der Waals surface area contributed by atoms with Crippen molar-refractivity contribution in [3.05, 3.63) is 71.8 Å². The molecule has 0 unspecified atom stereocenters. The normalized spacial score (nSPS) is 11.7. The highest BCUT2D eigenvalue weighted by molar-refractivity contribution is 5.79. The predicted molar refractivity (Wildman–Crippen MR) is 89.3 cm³/mol. The molecule has 2 aromatic rings. The van der Waals surface area contributed by atoms with Gasteiger partial charge in [0.25, 0.3) is 0 Å². The number of nitrogens with zero attached hydrogens (tertiary/aromatic N) is 2. The van der Waals surface area contributed by atoms with Crippen LogP contribution in [0, 0.1) is 0 Å². The molecule has 0 aromatic heterocycles. The third-order valence-electron chi connectivity index (χ3n) is 3.50. The van der Waals surface area contributed by atoms with Gasteiger partial charge in [0.05, 0.1) is 6.04 Å². The van der Waals surface area contributed by atoms with Crippen molar-refractivity contribution in [3.8, 4) is 0 Å². The van der Waals surface area contributed by atoms with E-state index in [4.69, 9.17) is 5.73 Å². The fraction of sp³-hybridized carbons (Fsp3) is 0.278. The lowest BCUT2D eigenvalue weighted by Crippen LogP contribution is -2.40. The number of benzene rings is 2. The Bertz CT molecular complexity index is 524. The van der Waals surface area contributed by atoms with Gasteiger partial charge in [0.1, 0.15) is 0 Å². The molecule has 0 amide bonds. The minimum atomic E-state index is 0.0905. The number of nitrogens with two attached hydrogens (primary N) is 1. The quantitative estimate of drug-likeness (QED) is 0.674. The molecular formula is C18H23N3. The van der Waals surface area contributed by atoms with Crippen molar-refractivity contribution in [2.75, 3.05) is 13.1 Å². The van der Waals surface area contributed by atoms with Gasteiger partial charge in [0.15, 0.2) is 5.96 Å². The number of hydrogen-bond acceptors (Lipinski definition) is 1. The van der Waals surface area contributed by atoms with Crippen LogP contribution in [-0.2, 0) is 0 Å². The maximum absolute atomic E-state index is 6.19. The smallest absolute Gasteiger partial charge is 0.192 e. The van der Waals surface area contributed by atoms with E-state index in [0.29, 0.717) is 12.5 Å². The molecule has 0 aliphatic heterocycles. The Morgan fingerprint density at radius 1 is 0.952 bits per heavy atom. The fourth-order valence-corrected chi connectivity index (χ4v) is 2.55. The van der Waals surface area contributed by atoms with Crippen LogP contribution in [0.3, 0.4) is 0 Å². The maximum Gasteiger partial charge on any atom is 0.192 e. The van der Waals surface area contributed by atoms with Crippen LogP contribution in [0.25, 0.3) is 0 Å². The summed E-state index contributed by atoms with van der Waals surface area (Å²) in [4.78, 5) is 6.54. The summed E-state index contributed by atoms with van der Waals surface area (Å²) in [7, 11) is 0. The van der Waals surface area contributed by atoms with Gasteiger partial charge in [-0.25, -0.2) is 0 Å². The second-order valence-electron chi connectivity index (χ2n) is 4.84. The van der Waals surface area contributed by atoms with Crippen molar-refractivity contribution < 1.29 is 0 Å². The van der Waals surface area contributed by atoms with E-state index in [2.05, 4.69) is 65.3 Å². The molecule has 0 radical (unpaired) electrons. The van der Waals surface area contributed by atoms with Crippen LogP contribution < -0.4 is 5.73 Å². The molecule has 2 N–H and O–H groups in total. The van der Waals surface area contributed by atoms with Crippen molar-refractivity contribution in [2.45, 2.75) is 19.9 Å². The van der Waals surface area contributed by atoms with Crippen LogP contribution in [-0.4, -0.2) is 23.9 Å². The molecule has 0 saturated carbocycles. The monoisotopic (exact) mass is 281 g/mol. The molecule has 3 nitrogen and oxygen atoms in total. The minimum Gasteiger partial charge on any atom is -0.370 e. The molecule has 110 valence electrons. The number of guanidine groups is 1. The molecule has 0 atom stereocenters. The van der Waals surface area contributed by atoms with Crippen molar-refractivity contribution in [1.82, 2.24) is 4.90 Å². The van der Waals surface area contributed by atoms with Gasteiger partial charge in [-0.15, -0.1) is 0 Å². The zero-order valence-electron chi connectivity index (χ0n) is 12.7. The highest BCUT2D eigenvalue weighted by atomic mass is 15.3. The first kappa shape index (κ1) is 15.1. The second kappa shape index (κ2) is 7.48. The van der Waals surface area contributed by atoms with E-state index >= 15 is 0 Å². The average molecular weight is 281 g/mol. The molecule has 0 spiro atoms. The van der Waals surface area contributed by atoms with Gasteiger partial charge in [0, 0.05) is 13.1 Å². The summed E-state index contributed by atoms with van der Waals surface area (Å²) >= 11 is 0. The molecule has 3 heteroatoms. The van der Waals surface area contributed by atoms with Crippen LogP contribution in [0.2, 0.25) is 0 Å². The Balaban J connectivity index is 2.48. The molecule has 2 aromatic carbocycles. The first-order chi connectivity index (χ1) is 10.3. The standard InChI is InChI=1S/C18H23N3/c1-3-20-18(19)21(4-2)17(15-11-7-5-8-12-15)16-13-9-6-10-14-16/h5-14,17H,3-4H2,1-2H3,(H2,19,20). The Morgan fingerprint density at radius 2 is 1.43 bits per heavy atom. The van der Waals surface area contributed by atoms with Gasteiger partial charge in [-0.1, -0.05) is 60.7 Å². The summed E-state index contributed by atoms with van der Waals surface area (Å²) in [5, 5.41) is 0. The van der Waals surface area contributed by atoms with Gasteiger partial charge in [0.2, 0.25) is 0 Å². The lowest BCUT2D eigenvalue weighted by Gasteiger charge is -2.32. The first-order valence-electron chi connectivity index (χ1n) is 7.44. The molecular weight excluding hydrogens is 258 g/mol. The van der Waals surface area contributed by atoms with E-state index in [-0.39, 0.29) is 6.04 Å². The molecule has 0 saturated heterocycles. The first-order valence-corrected chi connectivity index (χ1v) is 7.44. The third-order valence-corrected chi connectivity index (χ3v) is 3.50. The van der Waals surface area contributed by atoms with Crippen LogP contribution >= 0.6 is 0 Å². The zero-order valence-corrected chi connectivity index (χ0v) is 12.7. The molecule has 0 heterocycles. The lowest BCUT2D eigenvalue weighted by molar-refractivity contribution is 0.369. The van der Waals surface area contributed by atoms with E-state index in [0.717, 1.165) is 6.54 Å². The Labute approximate surface area is 127 Å². The Hall–Kier alpha value is -2.29. The van der Waals surface area contributed by atoms with E-state index < -0.39 is 0 Å². The molecule has 21 heavy (non-hydrogen) atoms. The van der Waals surface area contributed by atoms with Crippen LogP contribution in [0.4, 0.5) is 0 Å². The third kappa shape index (κ3) is 3.63. The van der Waals surface area contributed by atoms with Crippen molar-refractivity contribution in [2.24, 2.45) is 10.7 Å². The Morgan fingerprint density at radius 3 is 1.81 bits per heavy atom. The maximum atomic E-state index is 6.19. The summed E-state index contributed by atoms with van der Waals surface area (Å²) in [6, 6.07) is 21.0. The van der Waals surface area contributed by atoms with Gasteiger partial charge in [-0.3, -0.25) is 4.99 Å². The fourth-order valence-electron chi connectivity index (χ4n) is 2.55. The van der Waals surface area contributed by atoms with E-state index in [1.54, 1.807) is 0 Å². The highest BCUT2D eigenvalue weighted by Crippen LogP contribution is 2.28. The summed E-state index contributed by atoms with van der Waals surface area (Å²) in [6.07, 6.45) is 0. The van der Waals surface area contributed by atoms with Gasteiger partial charge in [-0.05, 0) is 25.0 Å². The molecule has 0 fully saturated rings. The molecule has 2 rings (SSSR count). The Kier molecular flexibility index (Phi) is 5.38. The molecule has 0 bridgehead atoms. The topological polar surface area (TPSA) is 41.6 Å². The number of aliphatic imine (C=N–C) groups is 1. The lowest BCUT2D eigenvalue weighted by atomic mass is 9.97. The molecule has 0 aliphatic carbocycles. The summed E-state index contributed by atoms with van der Waals surface area (Å²) < 4.78 is 0. The van der Waals surface area contributed by atoms with Crippen LogP contribution in [0.5, 0.6) is 0 Å². The SMILES string of the molecule is CCN=C(N)N(CC)C(c1ccccc1)c1ccccc1. The number of hydrogen-bond donors (Lipinski definition) is 1. The predicted octanol–water partition coefficient (Wildman–Crippen LogP) is 3.43. The highest BCUT2D eigenvalue weighted by Gasteiger charge is 2.22. The van der Waals surface area contributed by atoms with Gasteiger partial charge < -0.3 is 10.6 Å². The second-order valence-corrected chi connectivity index (χ2v) is 4.84. The van der Waals surface area contributed by atoms with Crippen LogP contribution in [0.1, 0.15) is 31.0 Å². The van der Waals surface area contributed by atoms with E-state index in [1.165, 1.54) is 11.1 Å². The van der Waals surface area contributed by atoms with Crippen molar-refractivity contribution in [1.29, 1.82) is 0 Å². The summed E-state index contributed by atoms with van der Waals surface area (Å²) in [6.45, 7) is 5.61. The summed E-state index contributed by atoms with van der Waals surface area (Å²) in [5.74, 6) is 0.595. The van der Waals surface area contributed by atoms with Gasteiger partial charge in [-0.2, -0.15) is 0 Å². The average Bonchev–Trinajstić information content (AvgIpc) is 2.54. The van der Waals surface area contributed by atoms with Crippen molar-refractivity contribution in [3.63, 3.8) is 0 Å². The zero-order chi connectivity index (χ0) is 15.1. The largest absolute Gasteiger partial charge is 0.370 e. The summed E-state index contributed by atoms with van der Waals surface area (Å²) in [5.41, 5.74) is 8.63. The number of rotatable bonds is 5. The molecule has 0 aliphatic rings.